The maximum absolute atomic E-state index is 11.6. The van der Waals surface area contributed by atoms with E-state index in [0.717, 1.165) is 10.6 Å². The third kappa shape index (κ3) is 1.89. The van der Waals surface area contributed by atoms with Crippen LogP contribution in [-0.2, 0) is 11.2 Å². The molecule has 3 rings (SSSR count). The maximum atomic E-state index is 11.6. The van der Waals surface area contributed by atoms with Crippen molar-refractivity contribution in [1.29, 1.82) is 0 Å². The van der Waals surface area contributed by atoms with Crippen LogP contribution in [-0.4, -0.2) is 22.7 Å². The molecule has 2 aromatic rings. The van der Waals surface area contributed by atoms with Crippen molar-refractivity contribution in [3.8, 4) is 0 Å². The summed E-state index contributed by atoms with van der Waals surface area (Å²) in [5.74, 6) is -0.289. The van der Waals surface area contributed by atoms with E-state index in [2.05, 4.69) is 24.3 Å². The third-order valence-corrected chi connectivity index (χ3v) is 3.23. The number of amides is 1. The molecule has 1 amide bonds. The van der Waals surface area contributed by atoms with Gasteiger partial charge < -0.3 is 0 Å². The Kier molecular flexibility index (Phi) is 2.61. The summed E-state index contributed by atoms with van der Waals surface area (Å²) in [6, 6.07) is 14.3. The monoisotopic (exact) mass is 239 g/mol. The molecule has 1 N–H and O–H groups in total. The minimum Gasteiger partial charge on any atom is -0.285 e. The van der Waals surface area contributed by atoms with Crippen molar-refractivity contribution in [2.75, 3.05) is 6.54 Å². The molecule has 2 aromatic carbocycles. The summed E-state index contributed by atoms with van der Waals surface area (Å²) in [6.45, 7) is 0.293. The minimum atomic E-state index is -0.289. The van der Waals surface area contributed by atoms with Gasteiger partial charge in [-0.1, -0.05) is 48.5 Å². The van der Waals surface area contributed by atoms with Crippen molar-refractivity contribution >= 4 is 16.7 Å². The molecular weight excluding hydrogens is 226 g/mol. The standard InChI is InChI=1S/C15H13NO2/c17-15-14(7-8-16(15)18)10-11-5-6-12-3-1-2-4-13(12)9-11/h1-7,9,18H,8,10H2. The molecule has 0 unspecified atom stereocenters. The predicted molar refractivity (Wildman–Crippen MR) is 69.2 cm³/mol. The summed E-state index contributed by atoms with van der Waals surface area (Å²) in [5.41, 5.74) is 1.75. The fraction of sp³-hybridized carbons (Fsp3) is 0.133. The molecule has 1 aliphatic rings. The van der Waals surface area contributed by atoms with E-state index in [-0.39, 0.29) is 5.91 Å². The second-order valence-electron chi connectivity index (χ2n) is 4.47. The van der Waals surface area contributed by atoms with Gasteiger partial charge >= 0.3 is 0 Å². The Balaban J connectivity index is 1.89. The van der Waals surface area contributed by atoms with Gasteiger partial charge in [0.15, 0.2) is 0 Å². The molecule has 0 bridgehead atoms. The number of hydrogen-bond acceptors (Lipinski definition) is 2. The van der Waals surface area contributed by atoms with Gasteiger partial charge in [-0.25, -0.2) is 5.06 Å². The van der Waals surface area contributed by atoms with E-state index < -0.39 is 0 Å². The van der Waals surface area contributed by atoms with Crippen LogP contribution in [0.15, 0.2) is 54.1 Å². The normalized spacial score (nSPS) is 15.3. The molecular formula is C15H13NO2. The molecule has 0 saturated heterocycles. The van der Waals surface area contributed by atoms with Crippen molar-refractivity contribution in [3.05, 3.63) is 59.7 Å². The molecule has 0 radical (unpaired) electrons. The zero-order valence-electron chi connectivity index (χ0n) is 9.84. The molecule has 1 aliphatic heterocycles. The zero-order valence-corrected chi connectivity index (χ0v) is 9.84. The van der Waals surface area contributed by atoms with Crippen molar-refractivity contribution < 1.29 is 10.0 Å². The Morgan fingerprint density at radius 2 is 1.89 bits per heavy atom. The largest absolute Gasteiger partial charge is 0.285 e. The number of hydrogen-bond donors (Lipinski definition) is 1. The van der Waals surface area contributed by atoms with Crippen molar-refractivity contribution in [2.45, 2.75) is 6.42 Å². The average molecular weight is 239 g/mol. The maximum Gasteiger partial charge on any atom is 0.273 e. The lowest BCUT2D eigenvalue weighted by molar-refractivity contribution is -0.155. The van der Waals surface area contributed by atoms with E-state index in [1.54, 1.807) is 6.08 Å². The third-order valence-electron chi connectivity index (χ3n) is 3.23. The molecule has 3 heteroatoms. The van der Waals surface area contributed by atoms with Crippen LogP contribution in [0.2, 0.25) is 0 Å². The Hall–Kier alpha value is -2.13. The van der Waals surface area contributed by atoms with Crippen LogP contribution in [0.4, 0.5) is 0 Å². The molecule has 18 heavy (non-hydrogen) atoms. The Morgan fingerprint density at radius 1 is 1.11 bits per heavy atom. The van der Waals surface area contributed by atoms with Crippen LogP contribution < -0.4 is 0 Å². The molecule has 0 atom stereocenters. The lowest BCUT2D eigenvalue weighted by Gasteiger charge is -2.07. The van der Waals surface area contributed by atoms with Gasteiger partial charge in [0.25, 0.3) is 5.91 Å². The number of rotatable bonds is 2. The molecule has 3 nitrogen and oxygen atoms in total. The molecule has 0 fully saturated rings. The van der Waals surface area contributed by atoms with Gasteiger partial charge in [0.2, 0.25) is 0 Å². The topological polar surface area (TPSA) is 40.5 Å². The van der Waals surface area contributed by atoms with E-state index in [9.17, 15) is 10.0 Å². The summed E-state index contributed by atoms with van der Waals surface area (Å²) in [4.78, 5) is 11.6. The number of benzene rings is 2. The first kappa shape index (κ1) is 11.0. The summed E-state index contributed by atoms with van der Waals surface area (Å²) < 4.78 is 0. The first-order valence-corrected chi connectivity index (χ1v) is 5.91. The second-order valence-corrected chi connectivity index (χ2v) is 4.47. The molecule has 0 spiro atoms. The van der Waals surface area contributed by atoms with Gasteiger partial charge in [-0.15, -0.1) is 0 Å². The first-order chi connectivity index (χ1) is 8.74. The van der Waals surface area contributed by atoms with Crippen LogP contribution in [0.25, 0.3) is 10.8 Å². The average Bonchev–Trinajstić information content (AvgIpc) is 2.71. The summed E-state index contributed by atoms with van der Waals surface area (Å²) in [6.07, 6.45) is 2.35. The van der Waals surface area contributed by atoms with Gasteiger partial charge in [-0.2, -0.15) is 0 Å². The highest BCUT2D eigenvalue weighted by molar-refractivity contribution is 5.95. The lowest BCUT2D eigenvalue weighted by atomic mass is 10.0. The number of nitrogens with zero attached hydrogens (tertiary/aromatic N) is 1. The Morgan fingerprint density at radius 3 is 2.61 bits per heavy atom. The van der Waals surface area contributed by atoms with Gasteiger partial charge in [0, 0.05) is 12.0 Å². The van der Waals surface area contributed by atoms with E-state index in [1.165, 1.54) is 10.8 Å². The number of carbonyl (C=O) groups excluding carboxylic acids is 1. The number of fused-ring (bicyclic) bond motifs is 1. The van der Waals surface area contributed by atoms with Crippen molar-refractivity contribution in [2.24, 2.45) is 0 Å². The van der Waals surface area contributed by atoms with Crippen LogP contribution in [0.3, 0.4) is 0 Å². The minimum absolute atomic E-state index is 0.289. The van der Waals surface area contributed by atoms with E-state index >= 15 is 0 Å². The smallest absolute Gasteiger partial charge is 0.273 e. The SMILES string of the molecule is O=C1C(Cc2ccc3ccccc3c2)=CCN1O. The van der Waals surface area contributed by atoms with E-state index in [1.807, 2.05) is 18.2 Å². The predicted octanol–water partition coefficient (Wildman–Crippen LogP) is 2.54. The number of carbonyl (C=O) groups is 1. The van der Waals surface area contributed by atoms with Gasteiger partial charge in [-0.3, -0.25) is 10.0 Å². The number of hydroxylamine groups is 2. The molecule has 0 aromatic heterocycles. The summed E-state index contributed by atoms with van der Waals surface area (Å²) >= 11 is 0. The van der Waals surface area contributed by atoms with Crippen LogP contribution in [0.1, 0.15) is 5.56 Å². The van der Waals surface area contributed by atoms with Crippen LogP contribution in [0.5, 0.6) is 0 Å². The van der Waals surface area contributed by atoms with E-state index in [4.69, 9.17) is 0 Å². The summed E-state index contributed by atoms with van der Waals surface area (Å²) in [5, 5.41) is 12.4. The quantitative estimate of drug-likeness (QED) is 0.818. The molecule has 0 aliphatic carbocycles. The zero-order chi connectivity index (χ0) is 12.5. The Bertz CT molecular complexity index is 646. The van der Waals surface area contributed by atoms with Crippen LogP contribution in [0, 0.1) is 0 Å². The molecule has 1 heterocycles. The fourth-order valence-electron chi connectivity index (χ4n) is 2.25. The fourth-order valence-corrected chi connectivity index (χ4v) is 2.25. The van der Waals surface area contributed by atoms with Crippen LogP contribution >= 0.6 is 0 Å². The second kappa shape index (κ2) is 4.27. The van der Waals surface area contributed by atoms with Gasteiger partial charge in [-0.05, 0) is 16.3 Å². The van der Waals surface area contributed by atoms with E-state index in [0.29, 0.717) is 18.5 Å². The molecule has 90 valence electrons. The summed E-state index contributed by atoms with van der Waals surface area (Å²) in [7, 11) is 0. The highest BCUT2D eigenvalue weighted by atomic mass is 16.5. The van der Waals surface area contributed by atoms with Gasteiger partial charge in [0.1, 0.15) is 0 Å². The first-order valence-electron chi connectivity index (χ1n) is 5.91. The highest BCUT2D eigenvalue weighted by Gasteiger charge is 2.21. The van der Waals surface area contributed by atoms with Crippen molar-refractivity contribution in [3.63, 3.8) is 0 Å². The lowest BCUT2D eigenvalue weighted by Crippen LogP contribution is -2.22. The van der Waals surface area contributed by atoms with Gasteiger partial charge in [0.05, 0.1) is 6.54 Å². The van der Waals surface area contributed by atoms with Crippen molar-refractivity contribution in [1.82, 2.24) is 5.06 Å². The highest BCUT2D eigenvalue weighted by Crippen LogP contribution is 2.20. The molecule has 0 saturated carbocycles. The Labute approximate surface area is 105 Å².